The molecule has 3 heteroatoms. The van der Waals surface area contributed by atoms with Crippen molar-refractivity contribution in [2.45, 2.75) is 122 Å². The van der Waals surface area contributed by atoms with Gasteiger partial charge < -0.3 is 8.85 Å². The second-order valence-corrected chi connectivity index (χ2v) is 11.1. The number of unbranched alkanes of at least 4 members (excludes halogenated alkanes) is 13. The predicted octanol–water partition coefficient (Wildman–Crippen LogP) is 7.61. The molecule has 0 aromatic carbocycles. The van der Waals surface area contributed by atoms with E-state index in [0.717, 1.165) is 0 Å². The quantitative estimate of drug-likeness (QED) is 0.175. The van der Waals surface area contributed by atoms with E-state index in [2.05, 4.69) is 13.8 Å². The van der Waals surface area contributed by atoms with Gasteiger partial charge in [0.25, 0.3) is 0 Å². The molecule has 0 aliphatic rings. The molecule has 0 bridgehead atoms. The van der Waals surface area contributed by atoms with Crippen LogP contribution in [-0.4, -0.2) is 22.8 Å². The van der Waals surface area contributed by atoms with Crippen LogP contribution >= 0.6 is 0 Å². The van der Waals surface area contributed by atoms with Crippen LogP contribution in [0.1, 0.15) is 110 Å². The predicted molar refractivity (Wildman–Crippen MR) is 110 cm³/mol. The maximum atomic E-state index is 5.88. The van der Waals surface area contributed by atoms with Crippen molar-refractivity contribution < 1.29 is 8.85 Å². The molecular weight excluding hydrogens is 312 g/mol. The van der Waals surface area contributed by atoms with Crippen LogP contribution in [-0.2, 0) is 8.85 Å². The largest absolute Gasteiger partial charge is 0.398 e. The molecule has 0 saturated heterocycles. The number of hydrogen-bond acceptors (Lipinski definition) is 2. The van der Waals surface area contributed by atoms with E-state index in [1.165, 1.54) is 108 Å². The van der Waals surface area contributed by atoms with E-state index in [-0.39, 0.29) is 0 Å². The van der Waals surface area contributed by atoms with Gasteiger partial charge in [-0.2, -0.15) is 0 Å². The fraction of sp³-hybridized carbons (Fsp3) is 1.00. The SMILES string of the molecule is CCCCCCCCCCCCC[Si](CCCCCC)(OC)OC. The molecule has 0 aromatic heterocycles. The molecule has 0 amide bonds. The highest BCUT2D eigenvalue weighted by Gasteiger charge is 2.33. The molecule has 0 spiro atoms. The van der Waals surface area contributed by atoms with E-state index >= 15 is 0 Å². The zero-order chi connectivity index (χ0) is 17.9. The molecule has 24 heavy (non-hydrogen) atoms. The lowest BCUT2D eigenvalue weighted by Gasteiger charge is -2.27. The summed E-state index contributed by atoms with van der Waals surface area (Å²) in [7, 11) is 1.85. The first kappa shape index (κ1) is 24.1. The third kappa shape index (κ3) is 13.4. The van der Waals surface area contributed by atoms with Gasteiger partial charge in [-0.05, 0) is 12.1 Å². The van der Waals surface area contributed by atoms with Crippen LogP contribution < -0.4 is 0 Å². The monoisotopic (exact) mass is 358 g/mol. The molecule has 0 aromatic rings. The Morgan fingerprint density at radius 1 is 0.458 bits per heavy atom. The highest BCUT2D eigenvalue weighted by molar-refractivity contribution is 6.67. The average molecular weight is 359 g/mol. The topological polar surface area (TPSA) is 18.5 Å². The Labute approximate surface area is 154 Å². The van der Waals surface area contributed by atoms with Crippen LogP contribution in [0.25, 0.3) is 0 Å². The molecular formula is C21H46O2Si. The van der Waals surface area contributed by atoms with Gasteiger partial charge in [0.2, 0.25) is 0 Å². The molecule has 0 fully saturated rings. The third-order valence-corrected chi connectivity index (χ3v) is 9.04. The van der Waals surface area contributed by atoms with Crippen molar-refractivity contribution in [3.05, 3.63) is 0 Å². The fourth-order valence-corrected chi connectivity index (χ4v) is 6.31. The van der Waals surface area contributed by atoms with Crippen LogP contribution in [0, 0.1) is 0 Å². The lowest BCUT2D eigenvalue weighted by atomic mass is 10.1. The Morgan fingerprint density at radius 2 is 0.750 bits per heavy atom. The molecule has 0 atom stereocenters. The highest BCUT2D eigenvalue weighted by Crippen LogP contribution is 2.24. The lowest BCUT2D eigenvalue weighted by Crippen LogP contribution is -2.39. The van der Waals surface area contributed by atoms with Crippen LogP contribution in [0.3, 0.4) is 0 Å². The third-order valence-electron chi connectivity index (χ3n) is 5.32. The van der Waals surface area contributed by atoms with E-state index in [1.54, 1.807) is 0 Å². The smallest absolute Gasteiger partial charge is 0.337 e. The molecule has 0 aliphatic heterocycles. The zero-order valence-corrected chi connectivity index (χ0v) is 18.3. The van der Waals surface area contributed by atoms with Gasteiger partial charge in [-0.1, -0.05) is 110 Å². The van der Waals surface area contributed by atoms with E-state index in [0.29, 0.717) is 0 Å². The maximum absolute atomic E-state index is 5.88. The van der Waals surface area contributed by atoms with Crippen molar-refractivity contribution in [3.8, 4) is 0 Å². The van der Waals surface area contributed by atoms with E-state index in [4.69, 9.17) is 8.85 Å². The summed E-state index contributed by atoms with van der Waals surface area (Å²) in [6.07, 6.45) is 20.7. The summed E-state index contributed by atoms with van der Waals surface area (Å²) in [6.45, 7) is 4.55. The zero-order valence-electron chi connectivity index (χ0n) is 17.3. The van der Waals surface area contributed by atoms with Crippen molar-refractivity contribution >= 4 is 8.56 Å². The lowest BCUT2D eigenvalue weighted by molar-refractivity contribution is 0.238. The van der Waals surface area contributed by atoms with Crippen LogP contribution in [0.15, 0.2) is 0 Å². The maximum Gasteiger partial charge on any atom is 0.337 e. The van der Waals surface area contributed by atoms with Gasteiger partial charge in [0.05, 0.1) is 0 Å². The molecule has 0 rings (SSSR count). The molecule has 0 radical (unpaired) electrons. The van der Waals surface area contributed by atoms with Gasteiger partial charge in [-0.15, -0.1) is 0 Å². The average Bonchev–Trinajstić information content (AvgIpc) is 2.61. The van der Waals surface area contributed by atoms with Crippen LogP contribution in [0.2, 0.25) is 12.1 Å². The molecule has 2 nitrogen and oxygen atoms in total. The van der Waals surface area contributed by atoms with Crippen molar-refractivity contribution in [1.82, 2.24) is 0 Å². The molecule has 0 unspecified atom stereocenters. The number of hydrogen-bond donors (Lipinski definition) is 0. The number of rotatable bonds is 19. The first-order chi connectivity index (χ1) is 11.7. The van der Waals surface area contributed by atoms with Crippen molar-refractivity contribution in [3.63, 3.8) is 0 Å². The van der Waals surface area contributed by atoms with Gasteiger partial charge in [0.15, 0.2) is 0 Å². The molecule has 0 N–H and O–H groups in total. The van der Waals surface area contributed by atoms with Crippen LogP contribution in [0.4, 0.5) is 0 Å². The Morgan fingerprint density at radius 3 is 1.08 bits per heavy atom. The highest BCUT2D eigenvalue weighted by atomic mass is 28.4. The van der Waals surface area contributed by atoms with Crippen LogP contribution in [0.5, 0.6) is 0 Å². The summed E-state index contributed by atoms with van der Waals surface area (Å²) in [4.78, 5) is 0. The molecule has 0 heterocycles. The fourth-order valence-electron chi connectivity index (χ4n) is 3.50. The minimum atomic E-state index is -1.89. The first-order valence-corrected chi connectivity index (χ1v) is 13.1. The summed E-state index contributed by atoms with van der Waals surface area (Å²) in [6, 6.07) is 2.36. The summed E-state index contributed by atoms with van der Waals surface area (Å²) in [5, 5.41) is 0. The Bertz CT molecular complexity index is 242. The summed E-state index contributed by atoms with van der Waals surface area (Å²) in [5.74, 6) is 0. The van der Waals surface area contributed by atoms with Gasteiger partial charge in [0, 0.05) is 14.2 Å². The Kier molecular flexibility index (Phi) is 18.0. The van der Waals surface area contributed by atoms with Gasteiger partial charge in [0.1, 0.15) is 0 Å². The normalized spacial score (nSPS) is 12.0. The van der Waals surface area contributed by atoms with Gasteiger partial charge in [-0.3, -0.25) is 0 Å². The molecule has 0 saturated carbocycles. The van der Waals surface area contributed by atoms with Gasteiger partial charge >= 0.3 is 8.56 Å². The standard InChI is InChI=1S/C21H46O2Si/c1-5-7-9-11-12-13-14-15-16-17-19-21-24(22-3,23-4)20-18-10-8-6-2/h5-21H2,1-4H3. The second kappa shape index (κ2) is 17.9. The van der Waals surface area contributed by atoms with E-state index < -0.39 is 8.56 Å². The second-order valence-electron chi connectivity index (χ2n) is 7.42. The summed E-state index contributed by atoms with van der Waals surface area (Å²) < 4.78 is 11.8. The molecule has 146 valence electrons. The Balaban J connectivity index is 3.59. The summed E-state index contributed by atoms with van der Waals surface area (Å²) >= 11 is 0. The van der Waals surface area contributed by atoms with Gasteiger partial charge in [-0.25, -0.2) is 0 Å². The van der Waals surface area contributed by atoms with Crippen molar-refractivity contribution in [2.75, 3.05) is 14.2 Å². The minimum Gasteiger partial charge on any atom is -0.398 e. The first-order valence-electron chi connectivity index (χ1n) is 10.8. The Hall–Kier alpha value is 0.137. The van der Waals surface area contributed by atoms with Crippen molar-refractivity contribution in [1.29, 1.82) is 0 Å². The molecule has 0 aliphatic carbocycles. The summed E-state index contributed by atoms with van der Waals surface area (Å²) in [5.41, 5.74) is 0. The van der Waals surface area contributed by atoms with E-state index in [1.807, 2.05) is 14.2 Å². The van der Waals surface area contributed by atoms with Crippen molar-refractivity contribution in [2.24, 2.45) is 0 Å². The minimum absolute atomic E-state index is 1.18. The van der Waals surface area contributed by atoms with E-state index in [9.17, 15) is 0 Å².